The zero-order chi connectivity index (χ0) is 19.3. The monoisotopic (exact) mass is 378 g/mol. The molecule has 0 radical (unpaired) electrons. The number of hydrogen-bond donors (Lipinski definition) is 2. The number of carbonyl (C=O) groups is 1. The number of benzene rings is 2. The van der Waals surface area contributed by atoms with Crippen LogP contribution in [0.15, 0.2) is 36.4 Å². The van der Waals surface area contributed by atoms with E-state index in [1.807, 2.05) is 25.1 Å². The van der Waals surface area contributed by atoms with Gasteiger partial charge in [-0.1, -0.05) is 17.7 Å². The molecule has 0 heterocycles. The summed E-state index contributed by atoms with van der Waals surface area (Å²) in [5.41, 5.74) is 2.50. The number of carbonyl (C=O) groups excluding carboxylic acids is 1. The molecule has 0 unspecified atom stereocenters. The number of ether oxygens (including phenoxy) is 2. The summed E-state index contributed by atoms with van der Waals surface area (Å²) in [5, 5.41) is 2.75. The summed E-state index contributed by atoms with van der Waals surface area (Å²) in [6, 6.07) is 10.3. The number of anilines is 2. The van der Waals surface area contributed by atoms with Gasteiger partial charge < -0.3 is 14.8 Å². The van der Waals surface area contributed by atoms with Gasteiger partial charge in [-0.15, -0.1) is 0 Å². The molecule has 0 bridgehead atoms. The summed E-state index contributed by atoms with van der Waals surface area (Å²) in [6.45, 7) is 1.94. The molecule has 1 amide bonds. The Labute approximate surface area is 153 Å². The Morgan fingerprint density at radius 3 is 2.31 bits per heavy atom. The maximum atomic E-state index is 12.4. The molecule has 2 aromatic rings. The van der Waals surface area contributed by atoms with Crippen LogP contribution < -0.4 is 19.5 Å². The average molecular weight is 378 g/mol. The summed E-state index contributed by atoms with van der Waals surface area (Å²) >= 11 is 0. The number of hydrogen-bond acceptors (Lipinski definition) is 5. The lowest BCUT2D eigenvalue weighted by atomic mass is 10.1. The molecule has 7 nitrogen and oxygen atoms in total. The van der Waals surface area contributed by atoms with Crippen molar-refractivity contribution in [3.63, 3.8) is 0 Å². The molecule has 0 fully saturated rings. The molecule has 26 heavy (non-hydrogen) atoms. The fourth-order valence-corrected chi connectivity index (χ4v) is 3.05. The topological polar surface area (TPSA) is 93.7 Å². The quantitative estimate of drug-likeness (QED) is 0.772. The van der Waals surface area contributed by atoms with Gasteiger partial charge in [0.15, 0.2) is 0 Å². The van der Waals surface area contributed by atoms with Gasteiger partial charge in [0.2, 0.25) is 15.9 Å². The zero-order valence-electron chi connectivity index (χ0n) is 15.1. The number of sulfonamides is 1. The fourth-order valence-electron chi connectivity index (χ4n) is 2.49. The summed E-state index contributed by atoms with van der Waals surface area (Å²) in [6.07, 6.45) is 1.17. The van der Waals surface area contributed by atoms with Crippen LogP contribution in [0.1, 0.15) is 11.1 Å². The molecule has 0 aliphatic rings. The van der Waals surface area contributed by atoms with Gasteiger partial charge in [0.25, 0.3) is 0 Å². The Kier molecular flexibility index (Phi) is 6.10. The molecule has 0 aliphatic carbocycles. The highest BCUT2D eigenvalue weighted by molar-refractivity contribution is 7.92. The van der Waals surface area contributed by atoms with Crippen LogP contribution >= 0.6 is 0 Å². The predicted molar refractivity (Wildman–Crippen MR) is 102 cm³/mol. The van der Waals surface area contributed by atoms with Crippen LogP contribution in [0, 0.1) is 6.92 Å². The van der Waals surface area contributed by atoms with Crippen LogP contribution in [0.3, 0.4) is 0 Å². The minimum atomic E-state index is -3.48. The largest absolute Gasteiger partial charge is 0.496 e. The van der Waals surface area contributed by atoms with E-state index >= 15 is 0 Å². The number of nitrogens with one attached hydrogen (secondary N) is 2. The summed E-state index contributed by atoms with van der Waals surface area (Å²) in [5.74, 6) is 0.748. The zero-order valence-corrected chi connectivity index (χ0v) is 15.9. The number of rotatable bonds is 7. The van der Waals surface area contributed by atoms with Crippen molar-refractivity contribution in [3.05, 3.63) is 47.5 Å². The Morgan fingerprint density at radius 2 is 1.69 bits per heavy atom. The lowest BCUT2D eigenvalue weighted by Gasteiger charge is -2.13. The van der Waals surface area contributed by atoms with E-state index in [1.165, 1.54) is 13.2 Å². The first-order valence-electron chi connectivity index (χ1n) is 7.81. The van der Waals surface area contributed by atoms with Crippen LogP contribution in [-0.2, 0) is 21.2 Å². The van der Waals surface area contributed by atoms with Crippen LogP contribution in [-0.4, -0.2) is 34.8 Å². The van der Waals surface area contributed by atoms with E-state index in [-0.39, 0.29) is 18.0 Å². The highest BCUT2D eigenvalue weighted by Crippen LogP contribution is 2.29. The van der Waals surface area contributed by atoms with Crippen molar-refractivity contribution in [3.8, 4) is 11.5 Å². The van der Waals surface area contributed by atoms with Crippen molar-refractivity contribution in [2.45, 2.75) is 13.3 Å². The number of aryl methyl sites for hydroxylation is 1. The molecule has 0 atom stereocenters. The van der Waals surface area contributed by atoms with Gasteiger partial charge in [-0.25, -0.2) is 8.42 Å². The molecule has 2 rings (SSSR count). The molecule has 0 aliphatic heterocycles. The average Bonchev–Trinajstić information content (AvgIpc) is 2.54. The second-order valence-electron chi connectivity index (χ2n) is 5.83. The Bertz CT molecular complexity index is 910. The van der Waals surface area contributed by atoms with Crippen LogP contribution in [0.25, 0.3) is 0 Å². The molecular weight excluding hydrogens is 356 g/mol. The molecule has 2 aromatic carbocycles. The lowest BCUT2D eigenvalue weighted by Crippen LogP contribution is -2.16. The first-order valence-corrected chi connectivity index (χ1v) is 9.70. The highest BCUT2D eigenvalue weighted by atomic mass is 32.2. The van der Waals surface area contributed by atoms with E-state index < -0.39 is 10.0 Å². The normalized spacial score (nSPS) is 10.9. The van der Waals surface area contributed by atoms with Gasteiger partial charge in [0.1, 0.15) is 11.5 Å². The lowest BCUT2D eigenvalue weighted by molar-refractivity contribution is -0.115. The van der Waals surface area contributed by atoms with E-state index in [0.717, 1.165) is 17.4 Å². The van der Waals surface area contributed by atoms with Crippen molar-refractivity contribution in [2.75, 3.05) is 30.5 Å². The smallest absolute Gasteiger partial charge is 0.229 e. The number of amides is 1. The molecule has 8 heteroatoms. The van der Waals surface area contributed by atoms with Crippen molar-refractivity contribution < 1.29 is 22.7 Å². The SMILES string of the molecule is COc1ccc(C)cc1CC(=O)Nc1ccc(OC)c(NS(C)(=O)=O)c1. The Morgan fingerprint density at radius 1 is 1.04 bits per heavy atom. The van der Waals surface area contributed by atoms with E-state index in [1.54, 1.807) is 19.2 Å². The van der Waals surface area contributed by atoms with Crippen molar-refractivity contribution in [2.24, 2.45) is 0 Å². The van der Waals surface area contributed by atoms with Gasteiger partial charge >= 0.3 is 0 Å². The van der Waals surface area contributed by atoms with Gasteiger partial charge in [0.05, 0.1) is 32.6 Å². The van der Waals surface area contributed by atoms with Crippen molar-refractivity contribution >= 4 is 27.3 Å². The number of methoxy groups -OCH3 is 2. The Hall–Kier alpha value is -2.74. The minimum absolute atomic E-state index is 0.131. The third kappa shape index (κ3) is 5.38. The fraction of sp³-hybridized carbons (Fsp3) is 0.278. The molecule has 2 N–H and O–H groups in total. The van der Waals surface area contributed by atoms with Gasteiger partial charge in [0, 0.05) is 11.3 Å². The summed E-state index contributed by atoms with van der Waals surface area (Å²) < 4.78 is 35.7. The Balaban J connectivity index is 2.19. The highest BCUT2D eigenvalue weighted by Gasteiger charge is 2.13. The van der Waals surface area contributed by atoms with Crippen LogP contribution in [0.4, 0.5) is 11.4 Å². The molecule has 0 saturated heterocycles. The molecule has 0 spiro atoms. The van der Waals surface area contributed by atoms with Crippen LogP contribution in [0.5, 0.6) is 11.5 Å². The van der Waals surface area contributed by atoms with E-state index in [2.05, 4.69) is 10.0 Å². The molecule has 0 saturated carbocycles. The summed E-state index contributed by atoms with van der Waals surface area (Å²) in [4.78, 5) is 12.4. The predicted octanol–water partition coefficient (Wildman–Crippen LogP) is 2.56. The van der Waals surface area contributed by atoms with Gasteiger partial charge in [-0.3, -0.25) is 9.52 Å². The second-order valence-corrected chi connectivity index (χ2v) is 7.58. The van der Waals surface area contributed by atoms with Crippen LogP contribution in [0.2, 0.25) is 0 Å². The van der Waals surface area contributed by atoms with E-state index in [9.17, 15) is 13.2 Å². The van der Waals surface area contributed by atoms with Crippen molar-refractivity contribution in [1.29, 1.82) is 0 Å². The standard InChI is InChI=1S/C18H22N2O5S/c1-12-5-7-16(24-2)13(9-12)10-18(21)19-14-6-8-17(25-3)15(11-14)20-26(4,22)23/h5-9,11,20H,10H2,1-4H3,(H,19,21). The maximum Gasteiger partial charge on any atom is 0.229 e. The molecule has 140 valence electrons. The van der Waals surface area contributed by atoms with E-state index in [0.29, 0.717) is 17.2 Å². The van der Waals surface area contributed by atoms with Gasteiger partial charge in [-0.2, -0.15) is 0 Å². The van der Waals surface area contributed by atoms with E-state index in [4.69, 9.17) is 9.47 Å². The van der Waals surface area contributed by atoms with Crippen molar-refractivity contribution in [1.82, 2.24) is 0 Å². The minimum Gasteiger partial charge on any atom is -0.496 e. The third-order valence-electron chi connectivity index (χ3n) is 3.57. The first kappa shape index (κ1) is 19.6. The maximum absolute atomic E-state index is 12.4. The first-order chi connectivity index (χ1) is 12.2. The molecule has 0 aromatic heterocycles. The molecular formula is C18H22N2O5S. The second kappa shape index (κ2) is 8.09. The van der Waals surface area contributed by atoms with Gasteiger partial charge in [-0.05, 0) is 31.2 Å². The third-order valence-corrected chi connectivity index (χ3v) is 4.16. The summed E-state index contributed by atoms with van der Waals surface area (Å²) in [7, 11) is -0.487.